The molecule has 3 aromatic rings. The molecule has 11 nitrogen and oxygen atoms in total. The summed E-state index contributed by atoms with van der Waals surface area (Å²) in [6.07, 6.45) is 1.15. The Bertz CT molecular complexity index is 1400. The van der Waals surface area contributed by atoms with Gasteiger partial charge in [-0.2, -0.15) is 4.31 Å². The second-order valence-electron chi connectivity index (χ2n) is 7.37. The van der Waals surface area contributed by atoms with Crippen LogP contribution in [0.25, 0.3) is 10.9 Å². The third-order valence-corrected chi connectivity index (χ3v) is 7.28. The number of rotatable bonds is 5. The first-order valence-electron chi connectivity index (χ1n) is 9.84. The Balaban J connectivity index is 1.44. The van der Waals surface area contributed by atoms with Gasteiger partial charge >= 0.3 is 0 Å². The molecule has 0 unspecified atom stereocenters. The smallest absolute Gasteiger partial charge is 0.271 e. The molecular formula is C20H18FN5O6S. The fourth-order valence-corrected chi connectivity index (χ4v) is 4.97. The predicted molar refractivity (Wildman–Crippen MR) is 114 cm³/mol. The van der Waals surface area contributed by atoms with Crippen LogP contribution in [0.15, 0.2) is 58.5 Å². The number of fused-ring (bicyclic) bond motifs is 1. The maximum Gasteiger partial charge on any atom is 0.271 e. The van der Waals surface area contributed by atoms with Crippen molar-refractivity contribution in [2.24, 2.45) is 0 Å². The Morgan fingerprint density at radius 3 is 2.39 bits per heavy atom. The van der Waals surface area contributed by atoms with Gasteiger partial charge in [-0.05, 0) is 30.3 Å². The standard InChI is InChI=1S/C20H18FN5O6S/c21-14-1-4-16(5-2-14)33(31,32)25-9-7-23(8-10-25)19(27)12-24-13-22-18-11-15(26(29)30)3-6-17(18)20(24)28/h1-6,11,13H,7-10,12H2. The molecule has 0 bridgehead atoms. The number of aromatic nitrogens is 2. The number of carbonyl (C=O) groups excluding carboxylic acids is 1. The van der Waals surface area contributed by atoms with Crippen molar-refractivity contribution in [2.75, 3.05) is 26.2 Å². The van der Waals surface area contributed by atoms with E-state index >= 15 is 0 Å². The molecule has 1 fully saturated rings. The first-order valence-corrected chi connectivity index (χ1v) is 11.3. The normalized spacial score (nSPS) is 15.0. The van der Waals surface area contributed by atoms with Crippen LogP contribution in [0.4, 0.5) is 10.1 Å². The summed E-state index contributed by atoms with van der Waals surface area (Å²) in [5.74, 6) is -0.931. The number of carbonyl (C=O) groups is 1. The molecule has 0 spiro atoms. The number of sulfonamides is 1. The van der Waals surface area contributed by atoms with Gasteiger partial charge in [0.25, 0.3) is 11.2 Å². The summed E-state index contributed by atoms with van der Waals surface area (Å²) in [6.45, 7) is 0.0614. The van der Waals surface area contributed by atoms with Crippen LogP contribution >= 0.6 is 0 Å². The van der Waals surface area contributed by atoms with Gasteiger partial charge in [0.05, 0.1) is 27.0 Å². The van der Waals surface area contributed by atoms with E-state index in [-0.39, 0.29) is 60.1 Å². The number of nitro groups is 1. The fourth-order valence-electron chi connectivity index (χ4n) is 3.55. The highest BCUT2D eigenvalue weighted by molar-refractivity contribution is 7.89. The van der Waals surface area contributed by atoms with Crippen LogP contribution in [0.5, 0.6) is 0 Å². The molecular weight excluding hydrogens is 457 g/mol. The minimum Gasteiger partial charge on any atom is -0.338 e. The van der Waals surface area contributed by atoms with E-state index < -0.39 is 26.3 Å². The average molecular weight is 475 g/mol. The number of piperazine rings is 1. The number of nitrogens with zero attached hydrogens (tertiary/aromatic N) is 5. The number of hydrogen-bond acceptors (Lipinski definition) is 7. The summed E-state index contributed by atoms with van der Waals surface area (Å²) in [5.41, 5.74) is -0.560. The molecule has 1 aliphatic heterocycles. The van der Waals surface area contributed by atoms with Crippen LogP contribution in [0.1, 0.15) is 0 Å². The molecule has 0 N–H and O–H groups in total. The number of non-ortho nitro benzene ring substituents is 1. The number of benzene rings is 2. The van der Waals surface area contributed by atoms with E-state index in [9.17, 15) is 32.5 Å². The van der Waals surface area contributed by atoms with Crippen molar-refractivity contribution in [3.63, 3.8) is 0 Å². The maximum absolute atomic E-state index is 13.1. The first-order chi connectivity index (χ1) is 15.7. The summed E-state index contributed by atoms with van der Waals surface area (Å²) in [4.78, 5) is 41.1. The molecule has 0 radical (unpaired) electrons. The van der Waals surface area contributed by atoms with Gasteiger partial charge < -0.3 is 4.90 Å². The monoisotopic (exact) mass is 475 g/mol. The van der Waals surface area contributed by atoms with Crippen LogP contribution in [0.2, 0.25) is 0 Å². The molecule has 0 aliphatic carbocycles. The lowest BCUT2D eigenvalue weighted by Gasteiger charge is -2.34. The lowest BCUT2D eigenvalue weighted by molar-refractivity contribution is -0.384. The van der Waals surface area contributed by atoms with Gasteiger partial charge in [0, 0.05) is 38.3 Å². The number of halogens is 1. The van der Waals surface area contributed by atoms with Gasteiger partial charge in [0.1, 0.15) is 12.4 Å². The third-order valence-electron chi connectivity index (χ3n) is 5.37. The van der Waals surface area contributed by atoms with Gasteiger partial charge in [-0.1, -0.05) is 0 Å². The van der Waals surface area contributed by atoms with E-state index in [0.717, 1.165) is 23.0 Å². The quantitative estimate of drug-likeness (QED) is 0.396. The molecule has 0 saturated carbocycles. The van der Waals surface area contributed by atoms with E-state index in [1.807, 2.05) is 0 Å². The van der Waals surface area contributed by atoms with E-state index in [2.05, 4.69) is 4.98 Å². The molecule has 172 valence electrons. The van der Waals surface area contributed by atoms with Crippen molar-refractivity contribution < 1.29 is 22.5 Å². The molecule has 2 heterocycles. The maximum atomic E-state index is 13.1. The van der Waals surface area contributed by atoms with Crippen LogP contribution in [0, 0.1) is 15.9 Å². The Labute approximate surface area is 186 Å². The molecule has 4 rings (SSSR count). The molecule has 1 amide bonds. The number of hydrogen-bond donors (Lipinski definition) is 0. The van der Waals surface area contributed by atoms with Crippen molar-refractivity contribution in [3.8, 4) is 0 Å². The van der Waals surface area contributed by atoms with Gasteiger partial charge in [-0.15, -0.1) is 0 Å². The predicted octanol–water partition coefficient (Wildman–Crippen LogP) is 0.977. The SMILES string of the molecule is O=C(Cn1cnc2cc([N+](=O)[O-])ccc2c1=O)N1CCN(S(=O)(=O)c2ccc(F)cc2)CC1. The van der Waals surface area contributed by atoms with Crippen molar-refractivity contribution in [2.45, 2.75) is 11.4 Å². The number of nitro benzene ring substituents is 1. The number of amides is 1. The average Bonchev–Trinajstić information content (AvgIpc) is 2.81. The molecule has 0 atom stereocenters. The van der Waals surface area contributed by atoms with Gasteiger partial charge in [-0.25, -0.2) is 17.8 Å². The van der Waals surface area contributed by atoms with Crippen molar-refractivity contribution in [1.82, 2.24) is 18.8 Å². The Morgan fingerprint density at radius 2 is 1.76 bits per heavy atom. The van der Waals surface area contributed by atoms with Crippen LogP contribution < -0.4 is 5.56 Å². The highest BCUT2D eigenvalue weighted by atomic mass is 32.2. The van der Waals surface area contributed by atoms with Crippen LogP contribution in [-0.2, 0) is 21.4 Å². The van der Waals surface area contributed by atoms with E-state index in [1.54, 1.807) is 0 Å². The summed E-state index contributed by atoms with van der Waals surface area (Å²) < 4.78 is 40.8. The second-order valence-corrected chi connectivity index (χ2v) is 9.31. The Hall–Kier alpha value is -3.71. The minimum absolute atomic E-state index is 0.0299. The minimum atomic E-state index is -3.81. The fraction of sp³-hybridized carbons (Fsp3) is 0.250. The molecule has 1 aliphatic rings. The zero-order valence-corrected chi connectivity index (χ0v) is 17.9. The van der Waals surface area contributed by atoms with Gasteiger partial charge in [-0.3, -0.25) is 24.3 Å². The summed E-state index contributed by atoms with van der Waals surface area (Å²) >= 11 is 0. The lowest BCUT2D eigenvalue weighted by Crippen LogP contribution is -2.51. The summed E-state index contributed by atoms with van der Waals surface area (Å²) in [5, 5.41) is 11.0. The van der Waals surface area contributed by atoms with Crippen molar-refractivity contribution >= 4 is 32.5 Å². The van der Waals surface area contributed by atoms with Crippen molar-refractivity contribution in [1.29, 1.82) is 0 Å². The first kappa shape index (κ1) is 22.5. The van der Waals surface area contributed by atoms with E-state index in [0.29, 0.717) is 0 Å². The Morgan fingerprint density at radius 1 is 1.09 bits per heavy atom. The highest BCUT2D eigenvalue weighted by Gasteiger charge is 2.30. The third kappa shape index (κ3) is 4.45. The zero-order chi connectivity index (χ0) is 23.8. The molecule has 33 heavy (non-hydrogen) atoms. The van der Waals surface area contributed by atoms with E-state index in [4.69, 9.17) is 0 Å². The molecule has 2 aromatic carbocycles. The second kappa shape index (κ2) is 8.67. The zero-order valence-electron chi connectivity index (χ0n) is 17.1. The molecule has 13 heteroatoms. The van der Waals surface area contributed by atoms with Crippen LogP contribution in [-0.4, -0.2) is 64.2 Å². The van der Waals surface area contributed by atoms with Crippen LogP contribution in [0.3, 0.4) is 0 Å². The summed E-state index contributed by atoms with van der Waals surface area (Å²) in [6, 6.07) is 8.19. The van der Waals surface area contributed by atoms with E-state index in [1.165, 1.54) is 39.5 Å². The largest absolute Gasteiger partial charge is 0.338 e. The summed E-state index contributed by atoms with van der Waals surface area (Å²) in [7, 11) is -3.81. The van der Waals surface area contributed by atoms with Gasteiger partial charge in [0.2, 0.25) is 15.9 Å². The van der Waals surface area contributed by atoms with Gasteiger partial charge in [0.15, 0.2) is 0 Å². The molecule has 1 aromatic heterocycles. The lowest BCUT2D eigenvalue weighted by atomic mass is 10.2. The highest BCUT2D eigenvalue weighted by Crippen LogP contribution is 2.19. The Kier molecular flexibility index (Phi) is 5.91. The van der Waals surface area contributed by atoms with Crippen molar-refractivity contribution in [3.05, 3.63) is 75.1 Å². The topological polar surface area (TPSA) is 136 Å². The molecule has 1 saturated heterocycles.